The first-order valence-electron chi connectivity index (χ1n) is 9.84. The van der Waals surface area contributed by atoms with Crippen LogP contribution in [0.4, 0.5) is 13.2 Å². The van der Waals surface area contributed by atoms with Gasteiger partial charge in [0.25, 0.3) is 11.6 Å². The molecule has 1 saturated carbocycles. The van der Waals surface area contributed by atoms with Gasteiger partial charge in [-0.1, -0.05) is 39.3 Å². The average Bonchev–Trinajstić information content (AvgIpc) is 2.97. The SMILES string of the molecule is CCC(C)(C)[C@@H]1CCC2=NN(C(=O)c3cccc(C)c3O)[C@@](O)(C(F)(F)F)[C@@H]2C1. The monoisotopic (exact) mass is 412 g/mol. The van der Waals surface area contributed by atoms with Crippen molar-refractivity contribution in [2.24, 2.45) is 22.4 Å². The molecule has 5 nitrogen and oxygen atoms in total. The second-order valence-electron chi connectivity index (χ2n) is 8.77. The van der Waals surface area contributed by atoms with Crippen LogP contribution in [0.1, 0.15) is 62.4 Å². The van der Waals surface area contributed by atoms with Crippen LogP contribution in [-0.4, -0.2) is 38.7 Å². The Balaban J connectivity index is 2.04. The van der Waals surface area contributed by atoms with Crippen LogP contribution in [0.2, 0.25) is 0 Å². The first kappa shape index (κ1) is 21.6. The van der Waals surface area contributed by atoms with Crippen LogP contribution in [0.3, 0.4) is 0 Å². The zero-order chi connectivity index (χ0) is 21.8. The number of nitrogens with zero attached hydrogens (tertiary/aromatic N) is 2. The van der Waals surface area contributed by atoms with Crippen LogP contribution >= 0.6 is 0 Å². The summed E-state index contributed by atoms with van der Waals surface area (Å²) in [5.74, 6) is -2.93. The Hall–Kier alpha value is -2.09. The zero-order valence-electron chi connectivity index (χ0n) is 17.0. The fraction of sp³-hybridized carbons (Fsp3) is 0.619. The van der Waals surface area contributed by atoms with E-state index in [1.807, 2.05) is 20.8 Å². The standard InChI is InChI=1S/C21H27F3N2O3/c1-5-19(3,4)13-9-10-16-15(11-13)20(29,21(22,23)24)26(25-16)18(28)14-8-6-7-12(2)17(14)27/h6-8,13,15,27,29H,5,9-11H2,1-4H3/t13-,15-,20+/m1/s1. The summed E-state index contributed by atoms with van der Waals surface area (Å²) in [5, 5.41) is 25.2. The molecule has 1 aromatic rings. The lowest BCUT2D eigenvalue weighted by Gasteiger charge is -2.43. The van der Waals surface area contributed by atoms with Gasteiger partial charge in [-0.15, -0.1) is 0 Å². The van der Waals surface area contributed by atoms with Gasteiger partial charge < -0.3 is 10.2 Å². The van der Waals surface area contributed by atoms with Gasteiger partial charge >= 0.3 is 6.18 Å². The number of carbonyl (C=O) groups is 1. The number of phenols is 1. The minimum atomic E-state index is -5.10. The van der Waals surface area contributed by atoms with E-state index in [4.69, 9.17) is 0 Å². The molecule has 1 aliphatic heterocycles. The number of phenolic OH excluding ortho intramolecular Hbond substituents is 1. The molecule has 29 heavy (non-hydrogen) atoms. The molecule has 1 amide bonds. The van der Waals surface area contributed by atoms with Crippen LogP contribution in [0, 0.1) is 24.2 Å². The summed E-state index contributed by atoms with van der Waals surface area (Å²) in [7, 11) is 0. The third kappa shape index (κ3) is 3.31. The molecule has 160 valence electrons. The van der Waals surface area contributed by atoms with E-state index >= 15 is 0 Å². The lowest BCUT2D eigenvalue weighted by atomic mass is 9.64. The molecule has 0 saturated heterocycles. The van der Waals surface area contributed by atoms with Crippen molar-refractivity contribution in [3.05, 3.63) is 29.3 Å². The Morgan fingerprint density at radius 3 is 2.59 bits per heavy atom. The summed E-state index contributed by atoms with van der Waals surface area (Å²) in [6, 6.07) is 4.23. The molecule has 3 atom stereocenters. The maximum absolute atomic E-state index is 14.1. The van der Waals surface area contributed by atoms with Gasteiger partial charge in [0.15, 0.2) is 0 Å². The van der Waals surface area contributed by atoms with Crippen molar-refractivity contribution in [2.75, 3.05) is 0 Å². The number of rotatable bonds is 3. The van der Waals surface area contributed by atoms with E-state index in [1.54, 1.807) is 0 Å². The number of hydrogen-bond acceptors (Lipinski definition) is 4. The van der Waals surface area contributed by atoms with Crippen molar-refractivity contribution in [2.45, 2.75) is 65.3 Å². The highest BCUT2D eigenvalue weighted by Gasteiger charge is 2.69. The molecule has 0 bridgehead atoms. The fourth-order valence-corrected chi connectivity index (χ4v) is 4.37. The third-order valence-corrected chi connectivity index (χ3v) is 6.80. The van der Waals surface area contributed by atoms with Crippen LogP contribution in [-0.2, 0) is 0 Å². The number of halogens is 3. The number of fused-ring (bicyclic) bond motifs is 1. The van der Waals surface area contributed by atoms with Crippen molar-refractivity contribution >= 4 is 11.6 Å². The highest BCUT2D eigenvalue weighted by Crippen LogP contribution is 2.52. The van der Waals surface area contributed by atoms with Gasteiger partial charge in [0.1, 0.15) is 5.75 Å². The molecule has 2 N–H and O–H groups in total. The van der Waals surface area contributed by atoms with Crippen LogP contribution in [0.5, 0.6) is 5.75 Å². The third-order valence-electron chi connectivity index (χ3n) is 6.80. The Bertz CT molecular complexity index is 850. The molecule has 0 unspecified atom stereocenters. The summed E-state index contributed by atoms with van der Waals surface area (Å²) in [6.45, 7) is 7.55. The summed E-state index contributed by atoms with van der Waals surface area (Å²) >= 11 is 0. The van der Waals surface area contributed by atoms with E-state index in [9.17, 15) is 28.2 Å². The number of aryl methyl sites for hydroxylation is 1. The second-order valence-corrected chi connectivity index (χ2v) is 8.77. The van der Waals surface area contributed by atoms with E-state index in [-0.39, 0.29) is 34.0 Å². The van der Waals surface area contributed by atoms with Gasteiger partial charge in [-0.3, -0.25) is 4.79 Å². The van der Waals surface area contributed by atoms with Crippen molar-refractivity contribution in [3.63, 3.8) is 0 Å². The number of hydrazone groups is 1. The first-order valence-corrected chi connectivity index (χ1v) is 9.84. The zero-order valence-corrected chi connectivity index (χ0v) is 17.0. The first-order chi connectivity index (χ1) is 13.3. The smallest absolute Gasteiger partial charge is 0.439 e. The fourth-order valence-electron chi connectivity index (χ4n) is 4.37. The number of alkyl halides is 3. The molecule has 1 aromatic carbocycles. The highest BCUT2D eigenvalue weighted by atomic mass is 19.4. The van der Waals surface area contributed by atoms with E-state index in [0.717, 1.165) is 6.42 Å². The minimum absolute atomic E-state index is 0.0345. The van der Waals surface area contributed by atoms with Gasteiger partial charge in [0, 0.05) is 5.71 Å². The number of hydrogen-bond donors (Lipinski definition) is 2. The summed E-state index contributed by atoms with van der Waals surface area (Å²) in [6.07, 6.45) is -3.26. The van der Waals surface area contributed by atoms with Gasteiger partial charge in [0.05, 0.1) is 11.5 Å². The van der Waals surface area contributed by atoms with Gasteiger partial charge in [-0.25, -0.2) is 0 Å². The molecule has 1 fully saturated rings. The van der Waals surface area contributed by atoms with Gasteiger partial charge in [-0.05, 0) is 49.1 Å². The second kappa shape index (κ2) is 7.00. The van der Waals surface area contributed by atoms with E-state index in [2.05, 4.69) is 5.10 Å². The molecule has 3 rings (SSSR count). The van der Waals surface area contributed by atoms with Crippen molar-refractivity contribution in [1.82, 2.24) is 5.01 Å². The van der Waals surface area contributed by atoms with Crippen molar-refractivity contribution in [1.29, 1.82) is 0 Å². The largest absolute Gasteiger partial charge is 0.507 e. The van der Waals surface area contributed by atoms with E-state index in [0.29, 0.717) is 18.4 Å². The Kier molecular flexibility index (Phi) is 5.22. The lowest BCUT2D eigenvalue weighted by Crippen LogP contribution is -2.62. The molecular weight excluding hydrogens is 385 g/mol. The summed E-state index contributed by atoms with van der Waals surface area (Å²) < 4.78 is 42.4. The topological polar surface area (TPSA) is 73.1 Å². The Morgan fingerprint density at radius 1 is 1.34 bits per heavy atom. The van der Waals surface area contributed by atoms with Crippen LogP contribution < -0.4 is 0 Å². The van der Waals surface area contributed by atoms with Crippen molar-refractivity contribution < 1.29 is 28.2 Å². The van der Waals surface area contributed by atoms with Gasteiger partial charge in [-0.2, -0.15) is 23.3 Å². The molecule has 2 aliphatic rings. The maximum atomic E-state index is 14.1. The molecule has 0 spiro atoms. The molecule has 8 heteroatoms. The predicted octanol–water partition coefficient (Wildman–Crippen LogP) is 4.62. The lowest BCUT2D eigenvalue weighted by molar-refractivity contribution is -0.314. The molecule has 1 heterocycles. The number of aromatic hydroxyl groups is 1. The van der Waals surface area contributed by atoms with Crippen molar-refractivity contribution in [3.8, 4) is 5.75 Å². The summed E-state index contributed by atoms with van der Waals surface area (Å²) in [5.41, 5.74) is -3.41. The predicted molar refractivity (Wildman–Crippen MR) is 102 cm³/mol. The van der Waals surface area contributed by atoms with Crippen LogP contribution in [0.25, 0.3) is 0 Å². The number of benzene rings is 1. The van der Waals surface area contributed by atoms with E-state index in [1.165, 1.54) is 25.1 Å². The molecule has 0 aromatic heterocycles. The number of para-hydroxylation sites is 1. The van der Waals surface area contributed by atoms with E-state index < -0.39 is 29.5 Å². The maximum Gasteiger partial charge on any atom is 0.439 e. The number of carbonyl (C=O) groups excluding carboxylic acids is 1. The highest BCUT2D eigenvalue weighted by molar-refractivity contribution is 6.01. The normalized spacial score (nSPS) is 27.6. The number of amides is 1. The number of aliphatic hydroxyl groups is 1. The Labute approximate surface area is 168 Å². The summed E-state index contributed by atoms with van der Waals surface area (Å²) in [4.78, 5) is 13.0. The quantitative estimate of drug-likeness (QED) is 0.761. The average molecular weight is 412 g/mol. The Morgan fingerprint density at radius 2 is 2.00 bits per heavy atom. The molecular formula is C21H27F3N2O3. The molecule has 0 radical (unpaired) electrons. The van der Waals surface area contributed by atoms with Gasteiger partial charge in [0.2, 0.25) is 0 Å². The molecule has 1 aliphatic carbocycles. The minimum Gasteiger partial charge on any atom is -0.507 e. The van der Waals surface area contributed by atoms with Crippen LogP contribution in [0.15, 0.2) is 23.3 Å².